The smallest absolute Gasteiger partial charge is 0.226 e. The van der Waals surface area contributed by atoms with Crippen LogP contribution in [-0.4, -0.2) is 40.3 Å². The summed E-state index contributed by atoms with van der Waals surface area (Å²) in [7, 11) is 0. The first kappa shape index (κ1) is 19.8. The second-order valence-corrected chi connectivity index (χ2v) is 8.13. The number of carbonyl (C=O) groups is 1. The van der Waals surface area contributed by atoms with Crippen molar-refractivity contribution >= 4 is 5.91 Å². The maximum atomic E-state index is 13.3. The quantitative estimate of drug-likeness (QED) is 0.720. The van der Waals surface area contributed by atoms with Gasteiger partial charge in [0, 0.05) is 37.9 Å². The number of hydrogen-bond donors (Lipinski definition) is 0. The molecule has 152 valence electrons. The van der Waals surface area contributed by atoms with E-state index in [4.69, 9.17) is 0 Å². The molecule has 3 heterocycles. The molecule has 0 bridgehead atoms. The molecule has 29 heavy (non-hydrogen) atoms. The second kappa shape index (κ2) is 9.31. The minimum atomic E-state index is -0.243. The van der Waals surface area contributed by atoms with Crippen molar-refractivity contribution in [2.45, 2.75) is 32.4 Å². The van der Waals surface area contributed by atoms with E-state index in [1.54, 1.807) is 12.1 Å². The molecule has 0 spiro atoms. The Morgan fingerprint density at radius 3 is 2.34 bits per heavy atom. The van der Waals surface area contributed by atoms with E-state index in [0.29, 0.717) is 19.0 Å². The maximum Gasteiger partial charge on any atom is 0.226 e. The molecule has 0 saturated carbocycles. The molecule has 4 nitrogen and oxygen atoms in total. The topological polar surface area (TPSA) is 36.4 Å². The van der Waals surface area contributed by atoms with Crippen LogP contribution in [0.4, 0.5) is 4.39 Å². The Kier molecular flexibility index (Phi) is 6.35. The van der Waals surface area contributed by atoms with Gasteiger partial charge in [-0.1, -0.05) is 24.3 Å². The van der Waals surface area contributed by atoms with Crippen LogP contribution in [0.5, 0.6) is 0 Å². The first-order chi connectivity index (χ1) is 14.2. The Labute approximate surface area is 172 Å². The Hall–Kier alpha value is -2.53. The summed E-state index contributed by atoms with van der Waals surface area (Å²) in [6.07, 6.45) is 10.9. The number of halogens is 1. The zero-order valence-corrected chi connectivity index (χ0v) is 16.7. The van der Waals surface area contributed by atoms with Crippen molar-refractivity contribution in [1.29, 1.82) is 0 Å². The van der Waals surface area contributed by atoms with Crippen molar-refractivity contribution in [3.05, 3.63) is 77.9 Å². The fourth-order valence-electron chi connectivity index (χ4n) is 4.48. The van der Waals surface area contributed by atoms with Crippen molar-refractivity contribution in [3.63, 3.8) is 0 Å². The largest absolute Gasteiger partial charge is 0.334 e. The Morgan fingerprint density at radius 2 is 1.62 bits per heavy atom. The fraction of sp³-hybridized carbons (Fsp3) is 0.417. The molecule has 5 heteroatoms. The highest BCUT2D eigenvalue weighted by atomic mass is 19.1. The summed E-state index contributed by atoms with van der Waals surface area (Å²) in [5.41, 5.74) is 2.26. The van der Waals surface area contributed by atoms with Crippen molar-refractivity contribution in [3.8, 4) is 0 Å². The summed E-state index contributed by atoms with van der Waals surface area (Å²) in [6, 6.07) is 10.6. The number of aromatic nitrogens is 1. The van der Waals surface area contributed by atoms with Crippen molar-refractivity contribution in [2.24, 2.45) is 11.8 Å². The normalized spacial score (nSPS) is 21.3. The van der Waals surface area contributed by atoms with E-state index in [9.17, 15) is 9.18 Å². The highest BCUT2D eigenvalue weighted by Crippen LogP contribution is 2.31. The summed E-state index contributed by atoms with van der Waals surface area (Å²) < 4.78 is 13.2. The molecule has 0 unspecified atom stereocenters. The summed E-state index contributed by atoms with van der Waals surface area (Å²) in [5, 5.41) is 0. The van der Waals surface area contributed by atoms with E-state index in [1.807, 2.05) is 17.3 Å². The Morgan fingerprint density at radius 1 is 0.931 bits per heavy atom. The number of hydrogen-bond acceptors (Lipinski definition) is 3. The third-order valence-electron chi connectivity index (χ3n) is 6.15. The molecule has 2 aromatic rings. The van der Waals surface area contributed by atoms with Gasteiger partial charge in [-0.25, -0.2) is 4.39 Å². The van der Waals surface area contributed by atoms with E-state index in [1.165, 1.54) is 17.7 Å². The van der Waals surface area contributed by atoms with Crippen LogP contribution in [0, 0.1) is 17.7 Å². The first-order valence-corrected chi connectivity index (χ1v) is 10.5. The molecule has 0 aliphatic carbocycles. The van der Waals surface area contributed by atoms with Gasteiger partial charge in [-0.2, -0.15) is 0 Å². The number of carbonyl (C=O) groups excluding carboxylic acids is 1. The number of benzene rings is 1. The average Bonchev–Trinajstić information content (AvgIpc) is 2.93. The van der Waals surface area contributed by atoms with Gasteiger partial charge in [-0.15, -0.1) is 0 Å². The summed E-state index contributed by atoms with van der Waals surface area (Å²) >= 11 is 0. The SMILES string of the molecule is O=C1[C@@H](C2CCN(Cc3ccncc3)CC2)CC=CCN1Cc1ccc(F)cc1. The van der Waals surface area contributed by atoms with Crippen LogP contribution >= 0.6 is 0 Å². The lowest BCUT2D eigenvalue weighted by Crippen LogP contribution is -2.42. The van der Waals surface area contributed by atoms with Gasteiger partial charge in [0.05, 0.1) is 0 Å². The third kappa shape index (κ3) is 5.10. The van der Waals surface area contributed by atoms with Gasteiger partial charge in [0.1, 0.15) is 5.82 Å². The van der Waals surface area contributed by atoms with Crippen molar-refractivity contribution in [2.75, 3.05) is 19.6 Å². The van der Waals surface area contributed by atoms with E-state index in [-0.39, 0.29) is 17.6 Å². The Bertz CT molecular complexity index is 829. The van der Waals surface area contributed by atoms with Gasteiger partial charge in [0.2, 0.25) is 5.91 Å². The molecule has 0 N–H and O–H groups in total. The third-order valence-corrected chi connectivity index (χ3v) is 6.15. The molecule has 2 aliphatic rings. The highest BCUT2D eigenvalue weighted by Gasteiger charge is 2.34. The van der Waals surface area contributed by atoms with Crippen LogP contribution in [0.15, 0.2) is 60.9 Å². The number of likely N-dealkylation sites (tertiary alicyclic amines) is 1. The van der Waals surface area contributed by atoms with Crippen molar-refractivity contribution < 1.29 is 9.18 Å². The molecule has 1 aromatic carbocycles. The van der Waals surface area contributed by atoms with E-state index in [0.717, 1.165) is 44.5 Å². The van der Waals surface area contributed by atoms with Crippen LogP contribution in [0.3, 0.4) is 0 Å². The molecule has 1 amide bonds. The number of rotatable bonds is 5. The van der Waals surface area contributed by atoms with E-state index >= 15 is 0 Å². The molecule has 0 radical (unpaired) electrons. The predicted molar refractivity (Wildman–Crippen MR) is 111 cm³/mol. The maximum absolute atomic E-state index is 13.3. The minimum Gasteiger partial charge on any atom is -0.334 e. The van der Waals surface area contributed by atoms with Gasteiger partial charge in [-0.05, 0) is 73.7 Å². The average molecular weight is 394 g/mol. The minimum absolute atomic E-state index is 0.0530. The zero-order chi connectivity index (χ0) is 20.1. The van der Waals surface area contributed by atoms with Gasteiger partial charge in [0.25, 0.3) is 0 Å². The fourth-order valence-corrected chi connectivity index (χ4v) is 4.48. The van der Waals surface area contributed by atoms with Crippen molar-refractivity contribution in [1.82, 2.24) is 14.8 Å². The number of nitrogens with zero attached hydrogens (tertiary/aromatic N) is 3. The molecule has 1 saturated heterocycles. The van der Waals surface area contributed by atoms with Crippen LogP contribution in [0.25, 0.3) is 0 Å². The first-order valence-electron chi connectivity index (χ1n) is 10.5. The predicted octanol–water partition coefficient (Wildman–Crippen LogP) is 4.04. The van der Waals surface area contributed by atoms with Crippen LogP contribution in [0.1, 0.15) is 30.4 Å². The number of allylic oxidation sites excluding steroid dienone is 1. The summed E-state index contributed by atoms with van der Waals surface area (Å²) in [6.45, 7) is 4.18. The van der Waals surface area contributed by atoms with Gasteiger partial charge in [-0.3, -0.25) is 14.7 Å². The standard InChI is InChI=1S/C24H28FN3O/c25-22-6-4-19(5-7-22)18-28-14-2-1-3-23(24(28)29)21-10-15-27(16-11-21)17-20-8-12-26-13-9-20/h1-2,4-9,12-13,21,23H,3,10-11,14-18H2/t23-/m1/s1. The van der Waals surface area contributed by atoms with E-state index < -0.39 is 0 Å². The molecule has 1 aromatic heterocycles. The summed E-state index contributed by atoms with van der Waals surface area (Å²) in [5.74, 6) is 0.478. The molecule has 2 aliphatic heterocycles. The van der Waals surface area contributed by atoms with Gasteiger partial charge < -0.3 is 4.90 Å². The second-order valence-electron chi connectivity index (χ2n) is 8.13. The number of amides is 1. The lowest BCUT2D eigenvalue weighted by Gasteiger charge is -2.36. The molecule has 1 atom stereocenters. The van der Waals surface area contributed by atoms with Gasteiger partial charge in [0.15, 0.2) is 0 Å². The molecule has 1 fully saturated rings. The molecular formula is C24H28FN3O. The Balaban J connectivity index is 1.35. The number of pyridine rings is 1. The zero-order valence-electron chi connectivity index (χ0n) is 16.7. The van der Waals surface area contributed by atoms with E-state index in [2.05, 4.69) is 34.2 Å². The number of piperidine rings is 1. The monoisotopic (exact) mass is 393 g/mol. The lowest BCUT2D eigenvalue weighted by molar-refractivity contribution is -0.137. The van der Waals surface area contributed by atoms with Crippen LogP contribution in [0.2, 0.25) is 0 Å². The highest BCUT2D eigenvalue weighted by molar-refractivity contribution is 5.80. The summed E-state index contributed by atoms with van der Waals surface area (Å²) in [4.78, 5) is 21.8. The molecule has 4 rings (SSSR count). The van der Waals surface area contributed by atoms with Crippen LogP contribution in [-0.2, 0) is 17.9 Å². The van der Waals surface area contributed by atoms with Gasteiger partial charge >= 0.3 is 0 Å². The lowest BCUT2D eigenvalue weighted by atomic mass is 9.81. The van der Waals surface area contributed by atoms with Crippen LogP contribution < -0.4 is 0 Å². The molecular weight excluding hydrogens is 365 g/mol.